The van der Waals surface area contributed by atoms with Crippen LogP contribution in [0, 0.1) is 0 Å². The Bertz CT molecular complexity index is 393. The van der Waals surface area contributed by atoms with E-state index < -0.39 is 5.91 Å². The van der Waals surface area contributed by atoms with Gasteiger partial charge in [-0.2, -0.15) is 0 Å². The molecule has 1 aromatic rings. The predicted octanol–water partition coefficient (Wildman–Crippen LogP) is 0.108. The van der Waals surface area contributed by atoms with Crippen LogP contribution < -0.4 is 16.4 Å². The van der Waals surface area contributed by atoms with Crippen LogP contribution in [-0.2, 0) is 0 Å². The third-order valence-corrected chi connectivity index (χ3v) is 2.93. The minimum absolute atomic E-state index is 0.306. The topological polar surface area (TPSA) is 85.2 Å². The Balaban J connectivity index is 2.26. The van der Waals surface area contributed by atoms with E-state index in [4.69, 9.17) is 11.5 Å². The fourth-order valence-electron chi connectivity index (χ4n) is 2.10. The Morgan fingerprint density at radius 3 is 3.06 bits per heavy atom. The summed E-state index contributed by atoms with van der Waals surface area (Å²) in [6.45, 7) is 1.56. The van der Waals surface area contributed by atoms with Crippen molar-refractivity contribution in [2.75, 3.05) is 18.0 Å². The van der Waals surface area contributed by atoms with Crippen molar-refractivity contribution >= 4 is 11.7 Å². The van der Waals surface area contributed by atoms with Crippen LogP contribution in [0.5, 0.6) is 0 Å². The van der Waals surface area contributed by atoms with Crippen molar-refractivity contribution in [3.8, 4) is 0 Å². The zero-order valence-corrected chi connectivity index (χ0v) is 9.10. The summed E-state index contributed by atoms with van der Waals surface area (Å²) in [7, 11) is 0. The molecule has 0 bridgehead atoms. The molecule has 86 valence electrons. The Hall–Kier alpha value is -1.62. The van der Waals surface area contributed by atoms with Gasteiger partial charge in [-0.1, -0.05) is 6.07 Å². The fraction of sp³-hybridized carbons (Fsp3) is 0.455. The maximum absolute atomic E-state index is 11.0. The van der Waals surface area contributed by atoms with Gasteiger partial charge >= 0.3 is 0 Å². The number of pyridine rings is 1. The summed E-state index contributed by atoms with van der Waals surface area (Å²) in [5.41, 5.74) is 11.2. The first-order valence-corrected chi connectivity index (χ1v) is 5.46. The van der Waals surface area contributed by atoms with Crippen LogP contribution in [0.2, 0.25) is 0 Å². The molecule has 1 unspecified atom stereocenters. The van der Waals surface area contributed by atoms with Crippen LogP contribution in [0.3, 0.4) is 0 Å². The molecule has 0 spiro atoms. The smallest absolute Gasteiger partial charge is 0.267 e. The van der Waals surface area contributed by atoms with E-state index in [0.717, 1.165) is 25.2 Å². The number of hydrogen-bond acceptors (Lipinski definition) is 4. The SMILES string of the molecule is NCC1CCCN1c1cccc(C(N)=O)n1. The normalized spacial score (nSPS) is 20.1. The van der Waals surface area contributed by atoms with Crippen LogP contribution in [0.1, 0.15) is 23.3 Å². The number of primary amides is 1. The summed E-state index contributed by atoms with van der Waals surface area (Å²) in [6, 6.07) is 5.64. The molecule has 4 N–H and O–H groups in total. The fourth-order valence-corrected chi connectivity index (χ4v) is 2.10. The summed E-state index contributed by atoms with van der Waals surface area (Å²) in [5, 5.41) is 0. The average Bonchev–Trinajstić information content (AvgIpc) is 2.77. The standard InChI is InChI=1S/C11H16N4O/c12-7-8-3-2-6-15(8)10-5-1-4-9(14-10)11(13)16/h1,4-5,8H,2-3,6-7,12H2,(H2,13,16). The van der Waals surface area contributed by atoms with Crippen LogP contribution >= 0.6 is 0 Å². The second-order valence-corrected chi connectivity index (χ2v) is 3.97. The van der Waals surface area contributed by atoms with E-state index in [2.05, 4.69) is 9.88 Å². The van der Waals surface area contributed by atoms with Crippen molar-refractivity contribution in [2.24, 2.45) is 11.5 Å². The van der Waals surface area contributed by atoms with Crippen molar-refractivity contribution < 1.29 is 4.79 Å². The van der Waals surface area contributed by atoms with Gasteiger partial charge in [0.15, 0.2) is 0 Å². The Labute approximate surface area is 94.4 Å². The second-order valence-electron chi connectivity index (χ2n) is 3.97. The molecule has 1 fully saturated rings. The number of carbonyl (C=O) groups excluding carboxylic acids is 1. The minimum atomic E-state index is -0.495. The van der Waals surface area contributed by atoms with Crippen molar-refractivity contribution in [3.63, 3.8) is 0 Å². The van der Waals surface area contributed by atoms with Gasteiger partial charge in [0, 0.05) is 19.1 Å². The van der Waals surface area contributed by atoms with E-state index in [0.29, 0.717) is 18.3 Å². The lowest BCUT2D eigenvalue weighted by atomic mass is 10.2. The molecule has 2 rings (SSSR count). The maximum atomic E-state index is 11.0. The average molecular weight is 220 g/mol. The van der Waals surface area contributed by atoms with Crippen molar-refractivity contribution in [1.29, 1.82) is 0 Å². The first-order valence-electron chi connectivity index (χ1n) is 5.46. The number of rotatable bonds is 3. The van der Waals surface area contributed by atoms with E-state index in [9.17, 15) is 4.79 Å². The van der Waals surface area contributed by atoms with Gasteiger partial charge in [0.05, 0.1) is 0 Å². The Kier molecular flexibility index (Phi) is 3.05. The van der Waals surface area contributed by atoms with E-state index >= 15 is 0 Å². The molecule has 1 atom stereocenters. The van der Waals surface area contributed by atoms with Crippen LogP contribution in [-0.4, -0.2) is 30.0 Å². The van der Waals surface area contributed by atoms with Crippen molar-refractivity contribution in [1.82, 2.24) is 4.98 Å². The molecular formula is C11H16N4O. The molecule has 1 aliphatic heterocycles. The summed E-state index contributed by atoms with van der Waals surface area (Å²) >= 11 is 0. The number of hydrogen-bond donors (Lipinski definition) is 2. The maximum Gasteiger partial charge on any atom is 0.267 e. The van der Waals surface area contributed by atoms with Gasteiger partial charge in [-0.05, 0) is 25.0 Å². The van der Waals surface area contributed by atoms with E-state index in [1.54, 1.807) is 12.1 Å². The predicted molar refractivity (Wildman–Crippen MR) is 62.2 cm³/mol. The first-order chi connectivity index (χ1) is 7.72. The third-order valence-electron chi connectivity index (χ3n) is 2.93. The molecule has 0 aromatic carbocycles. The number of nitrogens with two attached hydrogens (primary N) is 2. The molecule has 16 heavy (non-hydrogen) atoms. The number of amides is 1. The molecule has 5 nitrogen and oxygen atoms in total. The molecular weight excluding hydrogens is 204 g/mol. The van der Waals surface area contributed by atoms with Crippen molar-refractivity contribution in [2.45, 2.75) is 18.9 Å². The summed E-state index contributed by atoms with van der Waals surface area (Å²) in [6.07, 6.45) is 2.20. The number of aromatic nitrogens is 1. The second kappa shape index (κ2) is 4.49. The van der Waals surface area contributed by atoms with E-state index in [1.807, 2.05) is 6.07 Å². The first kappa shape index (κ1) is 10.9. The molecule has 1 saturated heterocycles. The highest BCUT2D eigenvalue weighted by Crippen LogP contribution is 2.23. The van der Waals surface area contributed by atoms with Gasteiger partial charge < -0.3 is 16.4 Å². The zero-order chi connectivity index (χ0) is 11.5. The molecule has 1 aromatic heterocycles. The molecule has 5 heteroatoms. The van der Waals surface area contributed by atoms with Gasteiger partial charge in [0.2, 0.25) is 0 Å². The molecule has 0 radical (unpaired) electrons. The molecule has 0 saturated carbocycles. The summed E-state index contributed by atoms with van der Waals surface area (Å²) < 4.78 is 0. The highest BCUT2D eigenvalue weighted by molar-refractivity contribution is 5.91. The summed E-state index contributed by atoms with van der Waals surface area (Å²) in [5.74, 6) is 0.301. The molecule has 2 heterocycles. The van der Waals surface area contributed by atoms with E-state index in [-0.39, 0.29) is 0 Å². The largest absolute Gasteiger partial charge is 0.364 e. The monoisotopic (exact) mass is 220 g/mol. The number of carbonyl (C=O) groups is 1. The number of nitrogens with zero attached hydrogens (tertiary/aromatic N) is 2. The van der Waals surface area contributed by atoms with E-state index in [1.165, 1.54) is 0 Å². The highest BCUT2D eigenvalue weighted by atomic mass is 16.1. The minimum Gasteiger partial charge on any atom is -0.364 e. The van der Waals surface area contributed by atoms with Gasteiger partial charge in [-0.15, -0.1) is 0 Å². The van der Waals surface area contributed by atoms with Crippen LogP contribution in [0.25, 0.3) is 0 Å². The Morgan fingerprint density at radius 2 is 2.38 bits per heavy atom. The lowest BCUT2D eigenvalue weighted by Gasteiger charge is -2.24. The Morgan fingerprint density at radius 1 is 1.56 bits per heavy atom. The molecule has 1 amide bonds. The lowest BCUT2D eigenvalue weighted by Crippen LogP contribution is -2.36. The lowest BCUT2D eigenvalue weighted by molar-refractivity contribution is 0.0995. The molecule has 0 aliphatic carbocycles. The highest BCUT2D eigenvalue weighted by Gasteiger charge is 2.24. The van der Waals surface area contributed by atoms with Crippen LogP contribution in [0.4, 0.5) is 5.82 Å². The van der Waals surface area contributed by atoms with Crippen molar-refractivity contribution in [3.05, 3.63) is 23.9 Å². The van der Waals surface area contributed by atoms with Gasteiger partial charge in [0.1, 0.15) is 11.5 Å². The number of anilines is 1. The quantitative estimate of drug-likeness (QED) is 0.757. The summed E-state index contributed by atoms with van der Waals surface area (Å²) in [4.78, 5) is 17.4. The van der Waals surface area contributed by atoms with Gasteiger partial charge in [-0.25, -0.2) is 4.98 Å². The molecule has 1 aliphatic rings. The zero-order valence-electron chi connectivity index (χ0n) is 9.10. The van der Waals surface area contributed by atoms with Crippen LogP contribution in [0.15, 0.2) is 18.2 Å². The third kappa shape index (κ3) is 1.99. The van der Waals surface area contributed by atoms with Gasteiger partial charge in [0.25, 0.3) is 5.91 Å². The van der Waals surface area contributed by atoms with Gasteiger partial charge in [-0.3, -0.25) is 4.79 Å².